The summed E-state index contributed by atoms with van der Waals surface area (Å²) in [6.07, 6.45) is 2.56. The normalized spacial score (nSPS) is 32.6. The lowest BCUT2D eigenvalue weighted by atomic mass is 9.74. The predicted octanol–water partition coefficient (Wildman–Crippen LogP) is 2.66. The SMILES string of the molecule is C=CCC1=CC2(OC)C(O)C(OC)(C1=O)[C@H](c1cc(OC)c(OC)c(OC)c1)[C@H]2C. The van der Waals surface area contributed by atoms with Crippen molar-refractivity contribution in [3.05, 3.63) is 42.0 Å². The van der Waals surface area contributed by atoms with Gasteiger partial charge in [-0.05, 0) is 30.2 Å². The van der Waals surface area contributed by atoms with Gasteiger partial charge in [0.1, 0.15) is 11.7 Å². The highest BCUT2D eigenvalue weighted by Crippen LogP contribution is 2.60. The van der Waals surface area contributed by atoms with E-state index < -0.39 is 23.2 Å². The minimum Gasteiger partial charge on any atom is -0.493 e. The molecule has 0 aromatic heterocycles. The molecule has 1 N–H and O–H groups in total. The maximum atomic E-state index is 13.6. The highest BCUT2D eigenvalue weighted by atomic mass is 16.5. The van der Waals surface area contributed by atoms with Crippen LogP contribution in [-0.2, 0) is 14.3 Å². The van der Waals surface area contributed by atoms with Crippen molar-refractivity contribution in [3.8, 4) is 17.2 Å². The van der Waals surface area contributed by atoms with Crippen LogP contribution in [0.25, 0.3) is 0 Å². The molecule has 0 radical (unpaired) electrons. The summed E-state index contributed by atoms with van der Waals surface area (Å²) < 4.78 is 28.2. The molecule has 164 valence electrons. The van der Waals surface area contributed by atoms with Crippen molar-refractivity contribution in [2.24, 2.45) is 5.92 Å². The summed E-state index contributed by atoms with van der Waals surface area (Å²) in [4.78, 5) is 13.6. The molecule has 0 amide bonds. The first-order valence-electron chi connectivity index (χ1n) is 9.78. The Morgan fingerprint density at radius 2 is 1.67 bits per heavy atom. The summed E-state index contributed by atoms with van der Waals surface area (Å²) in [7, 11) is 7.57. The number of hydrogen-bond acceptors (Lipinski definition) is 7. The first-order valence-corrected chi connectivity index (χ1v) is 9.78. The van der Waals surface area contributed by atoms with Crippen LogP contribution in [0.4, 0.5) is 0 Å². The first kappa shape index (κ1) is 22.3. The third-order valence-electron chi connectivity index (χ3n) is 6.66. The average molecular weight is 418 g/mol. The van der Waals surface area contributed by atoms with Crippen LogP contribution in [0.1, 0.15) is 24.8 Å². The number of carbonyl (C=O) groups excluding carboxylic acids is 1. The Morgan fingerprint density at radius 3 is 2.10 bits per heavy atom. The molecule has 1 saturated carbocycles. The molecule has 1 aromatic carbocycles. The number of ketones is 1. The molecule has 2 aliphatic rings. The lowest BCUT2D eigenvalue weighted by Gasteiger charge is -2.41. The van der Waals surface area contributed by atoms with Crippen molar-refractivity contribution in [2.75, 3.05) is 35.5 Å². The summed E-state index contributed by atoms with van der Waals surface area (Å²) in [6.45, 7) is 5.70. The Labute approximate surface area is 177 Å². The van der Waals surface area contributed by atoms with E-state index in [9.17, 15) is 9.90 Å². The quantitative estimate of drug-likeness (QED) is 0.650. The Morgan fingerprint density at radius 1 is 1.07 bits per heavy atom. The highest BCUT2D eigenvalue weighted by molar-refractivity contribution is 6.06. The van der Waals surface area contributed by atoms with Gasteiger partial charge in [0.05, 0.1) is 21.3 Å². The third kappa shape index (κ3) is 2.72. The van der Waals surface area contributed by atoms with Gasteiger partial charge in [0.15, 0.2) is 22.9 Å². The maximum absolute atomic E-state index is 13.6. The van der Waals surface area contributed by atoms with Crippen LogP contribution in [-0.4, -0.2) is 63.7 Å². The number of hydrogen-bond donors (Lipinski definition) is 1. The van der Waals surface area contributed by atoms with E-state index in [1.54, 1.807) is 24.3 Å². The average Bonchev–Trinajstić information content (AvgIpc) is 2.90. The number of methoxy groups -OCH3 is 5. The number of carbonyl (C=O) groups is 1. The van der Waals surface area contributed by atoms with Gasteiger partial charge in [0.25, 0.3) is 0 Å². The second kappa shape index (κ2) is 8.06. The zero-order valence-electron chi connectivity index (χ0n) is 18.4. The van der Waals surface area contributed by atoms with Gasteiger partial charge in [0, 0.05) is 31.6 Å². The number of aliphatic hydroxyl groups is 1. The van der Waals surface area contributed by atoms with E-state index >= 15 is 0 Å². The first-order chi connectivity index (χ1) is 14.3. The number of ether oxygens (including phenoxy) is 5. The number of rotatable bonds is 8. The summed E-state index contributed by atoms with van der Waals surface area (Å²) in [5.41, 5.74) is -1.38. The molecule has 0 saturated heterocycles. The van der Waals surface area contributed by atoms with E-state index in [0.717, 1.165) is 5.56 Å². The van der Waals surface area contributed by atoms with Gasteiger partial charge in [-0.2, -0.15) is 0 Å². The van der Waals surface area contributed by atoms with Crippen molar-refractivity contribution in [3.63, 3.8) is 0 Å². The van der Waals surface area contributed by atoms with Crippen molar-refractivity contribution < 1.29 is 33.6 Å². The van der Waals surface area contributed by atoms with Crippen LogP contribution < -0.4 is 14.2 Å². The van der Waals surface area contributed by atoms with Gasteiger partial charge in [0.2, 0.25) is 5.75 Å². The minimum atomic E-state index is -1.52. The second-order valence-corrected chi connectivity index (χ2v) is 7.67. The fourth-order valence-corrected chi connectivity index (χ4v) is 5.26. The number of benzene rings is 1. The fourth-order valence-electron chi connectivity index (χ4n) is 5.26. The van der Waals surface area contributed by atoms with Crippen LogP contribution in [0.5, 0.6) is 17.2 Å². The molecule has 30 heavy (non-hydrogen) atoms. The predicted molar refractivity (Wildman–Crippen MR) is 111 cm³/mol. The summed E-state index contributed by atoms with van der Waals surface area (Å²) in [5, 5.41) is 11.4. The molecular formula is C23H30O7. The largest absolute Gasteiger partial charge is 0.493 e. The number of Topliss-reactive ketones (excluding diaryl/α,β-unsaturated/α-hetero) is 1. The van der Waals surface area contributed by atoms with Crippen molar-refractivity contribution in [1.29, 1.82) is 0 Å². The summed E-state index contributed by atoms with van der Waals surface area (Å²) in [5.74, 6) is 0.262. The fraction of sp³-hybridized carbons (Fsp3) is 0.522. The maximum Gasteiger partial charge on any atom is 0.203 e. The van der Waals surface area contributed by atoms with Crippen LogP contribution in [0.2, 0.25) is 0 Å². The molecule has 3 unspecified atom stereocenters. The lowest BCUT2D eigenvalue weighted by Crippen LogP contribution is -2.60. The Balaban J connectivity index is 2.29. The molecule has 3 rings (SSSR count). The van der Waals surface area contributed by atoms with Crippen LogP contribution in [0, 0.1) is 5.92 Å². The molecule has 2 aliphatic carbocycles. The highest BCUT2D eigenvalue weighted by Gasteiger charge is 2.72. The molecule has 5 atom stereocenters. The smallest absolute Gasteiger partial charge is 0.203 e. The third-order valence-corrected chi connectivity index (χ3v) is 6.66. The molecule has 0 spiro atoms. The van der Waals surface area contributed by atoms with Gasteiger partial charge < -0.3 is 28.8 Å². The van der Waals surface area contributed by atoms with Crippen LogP contribution in [0.15, 0.2) is 36.4 Å². The van der Waals surface area contributed by atoms with E-state index in [-0.39, 0.29) is 11.7 Å². The molecule has 1 aromatic rings. The van der Waals surface area contributed by atoms with Gasteiger partial charge in [-0.25, -0.2) is 0 Å². The zero-order chi connectivity index (χ0) is 22.3. The number of fused-ring (bicyclic) bond motifs is 2. The molecule has 1 fully saturated rings. The molecular weight excluding hydrogens is 388 g/mol. The molecule has 2 bridgehead atoms. The lowest BCUT2D eigenvalue weighted by molar-refractivity contribution is -0.169. The Hall–Kier alpha value is -2.35. The van der Waals surface area contributed by atoms with Gasteiger partial charge >= 0.3 is 0 Å². The second-order valence-electron chi connectivity index (χ2n) is 7.67. The molecule has 0 heterocycles. The topological polar surface area (TPSA) is 83.5 Å². The Bertz CT molecular complexity index is 851. The van der Waals surface area contributed by atoms with E-state index in [1.807, 2.05) is 6.92 Å². The summed E-state index contributed by atoms with van der Waals surface area (Å²) in [6, 6.07) is 3.58. The molecule has 7 nitrogen and oxygen atoms in total. The van der Waals surface area contributed by atoms with Crippen molar-refractivity contribution in [2.45, 2.75) is 36.6 Å². The van der Waals surface area contributed by atoms with E-state index in [4.69, 9.17) is 23.7 Å². The zero-order valence-corrected chi connectivity index (χ0v) is 18.4. The number of aliphatic hydroxyl groups excluding tert-OH is 1. The Kier molecular flexibility index (Phi) is 6.00. The number of allylic oxidation sites excluding steroid dienone is 1. The van der Waals surface area contributed by atoms with Crippen LogP contribution in [0.3, 0.4) is 0 Å². The van der Waals surface area contributed by atoms with Crippen molar-refractivity contribution >= 4 is 5.78 Å². The van der Waals surface area contributed by atoms with Gasteiger partial charge in [-0.15, -0.1) is 6.58 Å². The standard InChI is InChI=1S/C23H30O7/c1-8-9-14-12-22(29-6)13(2)18(23(30-7,20(14)24)21(22)25)15-10-16(26-3)19(28-5)17(11-15)27-4/h8,10-13,18,21,25H,1,9H2,2-7H3/t13-,18+,21?,22?,23?/m1/s1. The van der Waals surface area contributed by atoms with E-state index in [1.165, 1.54) is 35.5 Å². The van der Waals surface area contributed by atoms with Gasteiger partial charge in [-0.3, -0.25) is 4.79 Å². The summed E-state index contributed by atoms with van der Waals surface area (Å²) >= 11 is 0. The molecule has 7 heteroatoms. The molecule has 0 aliphatic heterocycles. The van der Waals surface area contributed by atoms with E-state index in [2.05, 4.69) is 6.58 Å². The van der Waals surface area contributed by atoms with Crippen molar-refractivity contribution in [1.82, 2.24) is 0 Å². The minimum absolute atomic E-state index is 0.270. The van der Waals surface area contributed by atoms with Crippen LogP contribution >= 0.6 is 0 Å². The monoisotopic (exact) mass is 418 g/mol. The van der Waals surface area contributed by atoms with Gasteiger partial charge in [-0.1, -0.05) is 13.0 Å². The van der Waals surface area contributed by atoms with E-state index in [0.29, 0.717) is 29.2 Å².